The number of hydrogen-bond acceptors (Lipinski definition) is 7. The molecule has 3 rings (SSSR count). The average molecular weight is 430 g/mol. The first kappa shape index (κ1) is 23.0. The van der Waals surface area contributed by atoms with Crippen LogP contribution >= 0.6 is 12.4 Å². The lowest BCUT2D eigenvalue weighted by molar-refractivity contribution is 0.176. The lowest BCUT2D eigenvalue weighted by Crippen LogP contribution is -2.55. The second kappa shape index (κ2) is 8.78. The fourth-order valence-electron chi connectivity index (χ4n) is 2.30. The number of aryl methyl sites for hydroxylation is 1. The number of pyridine rings is 1. The number of nitrogens with two attached hydrogens (primary N) is 2. The van der Waals surface area contributed by atoms with E-state index in [0.29, 0.717) is 32.7 Å². The summed E-state index contributed by atoms with van der Waals surface area (Å²) in [6, 6.07) is 3.41. The summed E-state index contributed by atoms with van der Waals surface area (Å²) in [7, 11) is -4.95. The molecule has 0 aliphatic carbocycles. The Balaban J connectivity index is 0.000000318. The molecular formula is C13H24ClN5O5S2. The summed E-state index contributed by atoms with van der Waals surface area (Å²) in [6.07, 6.45) is 1.70. The minimum absolute atomic E-state index is 0. The van der Waals surface area contributed by atoms with Gasteiger partial charge in [0.25, 0.3) is 5.56 Å². The SMILES string of the molecule is Cl.Cn1ccc(CN2CC(S(N)(=O)=O)C2)cc1=O.NS(=O)(=O)C1CNC1. The number of primary sulfonamides is 2. The van der Waals surface area contributed by atoms with Crippen molar-refractivity contribution in [2.45, 2.75) is 17.0 Å². The molecule has 2 saturated heterocycles. The molecule has 1 aromatic heterocycles. The van der Waals surface area contributed by atoms with Crippen LogP contribution in [0, 0.1) is 0 Å². The zero-order valence-corrected chi connectivity index (χ0v) is 16.7. The molecule has 0 atom stereocenters. The highest BCUT2D eigenvalue weighted by Gasteiger charge is 2.34. The van der Waals surface area contributed by atoms with Crippen molar-refractivity contribution in [1.82, 2.24) is 14.8 Å². The lowest BCUT2D eigenvalue weighted by Gasteiger charge is -2.37. The van der Waals surface area contributed by atoms with Gasteiger partial charge in [-0.2, -0.15) is 0 Å². The van der Waals surface area contributed by atoms with E-state index in [2.05, 4.69) is 5.32 Å². The van der Waals surface area contributed by atoms with Gasteiger partial charge in [0.05, 0.1) is 5.25 Å². The molecule has 0 bridgehead atoms. The Hall–Kier alpha value is -1.02. The van der Waals surface area contributed by atoms with Gasteiger partial charge in [-0.15, -0.1) is 12.4 Å². The molecule has 5 N–H and O–H groups in total. The van der Waals surface area contributed by atoms with Crippen LogP contribution in [0.2, 0.25) is 0 Å². The van der Waals surface area contributed by atoms with Crippen LogP contribution in [-0.2, 0) is 33.6 Å². The number of hydrogen-bond donors (Lipinski definition) is 3. The van der Waals surface area contributed by atoms with Gasteiger partial charge in [-0.05, 0) is 11.6 Å². The van der Waals surface area contributed by atoms with Crippen molar-refractivity contribution in [3.05, 3.63) is 34.2 Å². The topological polar surface area (TPSA) is 158 Å². The summed E-state index contributed by atoms with van der Waals surface area (Å²) in [6.45, 7) is 2.49. The van der Waals surface area contributed by atoms with Crippen molar-refractivity contribution in [2.75, 3.05) is 26.2 Å². The Bertz CT molecular complexity index is 876. The molecule has 1 aromatic rings. The van der Waals surface area contributed by atoms with E-state index in [1.54, 1.807) is 19.3 Å². The maximum atomic E-state index is 11.4. The molecule has 10 nitrogen and oxygen atoms in total. The predicted octanol–water partition coefficient (Wildman–Crippen LogP) is -2.47. The van der Waals surface area contributed by atoms with Gasteiger partial charge in [-0.3, -0.25) is 9.69 Å². The van der Waals surface area contributed by atoms with Gasteiger partial charge in [0.2, 0.25) is 20.0 Å². The van der Waals surface area contributed by atoms with E-state index in [1.165, 1.54) is 4.57 Å². The lowest BCUT2D eigenvalue weighted by atomic mass is 10.1. The first-order valence-electron chi connectivity index (χ1n) is 7.58. The molecule has 2 aliphatic rings. The van der Waals surface area contributed by atoms with Gasteiger partial charge in [-0.25, -0.2) is 27.1 Å². The second-order valence-corrected chi connectivity index (χ2v) is 9.95. The Morgan fingerprint density at radius 3 is 2.00 bits per heavy atom. The molecule has 0 aromatic carbocycles. The highest BCUT2D eigenvalue weighted by molar-refractivity contribution is 7.90. The van der Waals surface area contributed by atoms with Crippen LogP contribution in [0.1, 0.15) is 5.56 Å². The van der Waals surface area contributed by atoms with Gasteiger partial charge in [-0.1, -0.05) is 0 Å². The molecule has 150 valence electrons. The van der Waals surface area contributed by atoms with Crippen molar-refractivity contribution in [3.63, 3.8) is 0 Å². The minimum Gasteiger partial charge on any atom is -0.319 e. The molecule has 0 amide bonds. The Morgan fingerprint density at radius 1 is 1.12 bits per heavy atom. The van der Waals surface area contributed by atoms with Crippen LogP contribution in [0.15, 0.2) is 23.1 Å². The van der Waals surface area contributed by atoms with Crippen LogP contribution in [0.5, 0.6) is 0 Å². The molecule has 2 fully saturated rings. The van der Waals surface area contributed by atoms with E-state index in [0.717, 1.165) is 5.56 Å². The third-order valence-corrected chi connectivity index (χ3v) is 6.66. The number of halogens is 1. The molecular weight excluding hydrogens is 406 g/mol. The number of likely N-dealkylation sites (tertiary alicyclic amines) is 1. The molecule has 26 heavy (non-hydrogen) atoms. The van der Waals surface area contributed by atoms with Crippen molar-refractivity contribution in [1.29, 1.82) is 0 Å². The van der Waals surface area contributed by atoms with Crippen LogP contribution in [0.4, 0.5) is 0 Å². The first-order chi connectivity index (χ1) is 11.5. The highest BCUT2D eigenvalue weighted by Crippen LogP contribution is 2.16. The quantitative estimate of drug-likeness (QED) is 0.478. The van der Waals surface area contributed by atoms with E-state index in [9.17, 15) is 21.6 Å². The minimum atomic E-state index is -3.41. The number of nitrogens with zero attached hydrogens (tertiary/aromatic N) is 2. The fourth-order valence-corrected chi connectivity index (χ4v) is 3.84. The van der Waals surface area contributed by atoms with Crippen molar-refractivity contribution >= 4 is 32.5 Å². The van der Waals surface area contributed by atoms with Gasteiger partial charge >= 0.3 is 0 Å². The normalized spacial score (nSPS) is 18.7. The third kappa shape index (κ3) is 6.30. The summed E-state index contributed by atoms with van der Waals surface area (Å²) in [4.78, 5) is 13.3. The Kier molecular flexibility index (Phi) is 7.77. The van der Waals surface area contributed by atoms with Crippen molar-refractivity contribution < 1.29 is 16.8 Å². The highest BCUT2D eigenvalue weighted by atomic mass is 35.5. The number of aromatic nitrogens is 1. The zero-order valence-electron chi connectivity index (χ0n) is 14.2. The van der Waals surface area contributed by atoms with Gasteiger partial charge in [0.1, 0.15) is 5.25 Å². The maximum Gasteiger partial charge on any atom is 0.250 e. The largest absolute Gasteiger partial charge is 0.319 e. The average Bonchev–Trinajstić information content (AvgIpc) is 2.32. The van der Waals surface area contributed by atoms with E-state index in [1.807, 2.05) is 11.0 Å². The van der Waals surface area contributed by atoms with Crippen molar-refractivity contribution in [2.24, 2.45) is 17.3 Å². The van der Waals surface area contributed by atoms with Crippen LogP contribution < -0.4 is 21.2 Å². The molecule has 0 spiro atoms. The third-order valence-electron chi connectivity index (χ3n) is 4.17. The first-order valence-corrected chi connectivity index (χ1v) is 10.8. The number of sulfonamides is 2. The fraction of sp³-hybridized carbons (Fsp3) is 0.615. The van der Waals surface area contributed by atoms with Crippen LogP contribution in [0.3, 0.4) is 0 Å². The smallest absolute Gasteiger partial charge is 0.250 e. The summed E-state index contributed by atoms with van der Waals surface area (Å²) >= 11 is 0. The monoisotopic (exact) mass is 429 g/mol. The molecule has 0 unspecified atom stereocenters. The van der Waals surface area contributed by atoms with Crippen LogP contribution in [-0.4, -0.2) is 63.0 Å². The second-order valence-electron chi connectivity index (χ2n) is 6.26. The number of rotatable bonds is 4. The standard InChI is InChI=1S/C10H15N3O3S.C3H8N2O2S.ClH/c1-12-3-2-8(4-10(12)14)5-13-6-9(7-13)17(11,15)16;4-8(6,7)3-1-5-2-3;/h2-4,9H,5-7H2,1H3,(H2,11,15,16);3,5H,1-2H2,(H2,4,6,7);1H. The van der Waals surface area contributed by atoms with E-state index >= 15 is 0 Å². The van der Waals surface area contributed by atoms with Gasteiger partial charge in [0, 0.05) is 52.0 Å². The summed E-state index contributed by atoms with van der Waals surface area (Å²) in [5, 5.41) is 11.8. The summed E-state index contributed by atoms with van der Waals surface area (Å²) in [5.74, 6) is 0. The Morgan fingerprint density at radius 2 is 1.65 bits per heavy atom. The molecule has 3 heterocycles. The molecule has 13 heteroatoms. The van der Waals surface area contributed by atoms with Crippen molar-refractivity contribution in [3.8, 4) is 0 Å². The Labute approximate surface area is 159 Å². The van der Waals surface area contributed by atoms with Gasteiger partial charge < -0.3 is 9.88 Å². The molecule has 0 radical (unpaired) electrons. The summed E-state index contributed by atoms with van der Waals surface area (Å²) < 4.78 is 44.2. The molecule has 0 saturated carbocycles. The van der Waals surface area contributed by atoms with E-state index < -0.39 is 25.3 Å². The van der Waals surface area contributed by atoms with Crippen LogP contribution in [0.25, 0.3) is 0 Å². The van der Waals surface area contributed by atoms with Gasteiger partial charge in [0.15, 0.2) is 0 Å². The number of nitrogens with one attached hydrogen (secondary N) is 1. The van der Waals surface area contributed by atoms with E-state index in [4.69, 9.17) is 10.3 Å². The zero-order chi connectivity index (χ0) is 18.8. The summed E-state index contributed by atoms with van der Waals surface area (Å²) in [5.41, 5.74) is 0.826. The molecule has 2 aliphatic heterocycles. The predicted molar refractivity (Wildman–Crippen MR) is 101 cm³/mol. The maximum absolute atomic E-state index is 11.4. The van der Waals surface area contributed by atoms with E-state index in [-0.39, 0.29) is 23.2 Å².